The summed E-state index contributed by atoms with van der Waals surface area (Å²) in [6.45, 7) is 2.45. The number of H-pyrrole nitrogens is 1. The van der Waals surface area contributed by atoms with Crippen LogP contribution in [0.4, 0.5) is 30.6 Å². The summed E-state index contributed by atoms with van der Waals surface area (Å²) >= 11 is 0. The summed E-state index contributed by atoms with van der Waals surface area (Å²) in [5, 5.41) is 6.10. The maximum atomic E-state index is 13.7. The van der Waals surface area contributed by atoms with Gasteiger partial charge in [0.05, 0.1) is 35.4 Å². The summed E-state index contributed by atoms with van der Waals surface area (Å²) in [5.41, 5.74) is 0.0302. The van der Waals surface area contributed by atoms with Crippen molar-refractivity contribution in [2.75, 3.05) is 50.2 Å². The van der Waals surface area contributed by atoms with Crippen LogP contribution in [-0.4, -0.2) is 71.3 Å². The van der Waals surface area contributed by atoms with Gasteiger partial charge in [0, 0.05) is 25.3 Å². The number of morpholine rings is 1. The Morgan fingerprint density at radius 3 is 2.51 bits per heavy atom. The quantitative estimate of drug-likeness (QED) is 0.466. The van der Waals surface area contributed by atoms with Crippen molar-refractivity contribution in [1.29, 1.82) is 0 Å². The molecule has 37 heavy (non-hydrogen) atoms. The van der Waals surface area contributed by atoms with Crippen molar-refractivity contribution in [3.8, 4) is 11.5 Å². The zero-order chi connectivity index (χ0) is 25.6. The van der Waals surface area contributed by atoms with E-state index in [1.807, 2.05) is 0 Å². The van der Waals surface area contributed by atoms with Crippen LogP contribution >= 0.6 is 0 Å². The molecule has 4 heterocycles. The average molecular weight is 518 g/mol. The van der Waals surface area contributed by atoms with E-state index in [-0.39, 0.29) is 48.0 Å². The minimum atomic E-state index is -4.56. The lowest BCUT2D eigenvalue weighted by atomic mass is 9.93. The number of benzene rings is 1. The molecule has 2 fully saturated rings. The van der Waals surface area contributed by atoms with Gasteiger partial charge < -0.3 is 34.7 Å². The third kappa shape index (κ3) is 4.47. The molecule has 196 valence electrons. The fourth-order valence-corrected chi connectivity index (χ4v) is 4.62. The van der Waals surface area contributed by atoms with Crippen LogP contribution in [0.5, 0.6) is 11.5 Å². The van der Waals surface area contributed by atoms with Crippen molar-refractivity contribution in [2.45, 2.75) is 31.5 Å². The van der Waals surface area contributed by atoms with Crippen LogP contribution in [-0.2, 0) is 10.9 Å². The summed E-state index contributed by atoms with van der Waals surface area (Å²) in [7, 11) is 0. The Morgan fingerprint density at radius 2 is 1.81 bits per heavy atom. The van der Waals surface area contributed by atoms with Crippen molar-refractivity contribution in [2.24, 2.45) is 0 Å². The Kier molecular flexibility index (Phi) is 5.94. The summed E-state index contributed by atoms with van der Waals surface area (Å²) < 4.78 is 58.0. The van der Waals surface area contributed by atoms with Gasteiger partial charge in [0.1, 0.15) is 24.7 Å². The maximum Gasteiger partial charge on any atom is 0.418 e. The molecule has 3 aromatic rings. The van der Waals surface area contributed by atoms with Crippen molar-refractivity contribution in [3.05, 3.63) is 29.5 Å². The van der Waals surface area contributed by atoms with Crippen LogP contribution in [0.2, 0.25) is 0 Å². The molecular formula is C24H25F3N6O4. The predicted octanol–water partition coefficient (Wildman–Crippen LogP) is 3.93. The molecule has 1 saturated carbocycles. The number of aromatic amines is 1. The molecular weight excluding hydrogens is 493 g/mol. The summed E-state index contributed by atoms with van der Waals surface area (Å²) in [6.07, 6.45) is -0.927. The minimum absolute atomic E-state index is 0.0526. The first-order chi connectivity index (χ1) is 17.9. The number of halogens is 3. The fourth-order valence-electron chi connectivity index (χ4n) is 4.62. The van der Waals surface area contributed by atoms with Crippen LogP contribution in [0.15, 0.2) is 18.3 Å². The zero-order valence-electron chi connectivity index (χ0n) is 19.8. The molecule has 0 radical (unpaired) electrons. The van der Waals surface area contributed by atoms with Crippen molar-refractivity contribution < 1.29 is 32.2 Å². The molecule has 13 heteroatoms. The van der Waals surface area contributed by atoms with Crippen molar-refractivity contribution in [3.63, 3.8) is 0 Å². The Bertz CT molecular complexity index is 1330. The number of amides is 1. The number of carbonyl (C=O) groups is 1. The van der Waals surface area contributed by atoms with Crippen molar-refractivity contribution in [1.82, 2.24) is 19.9 Å². The lowest BCUT2D eigenvalue weighted by Gasteiger charge is -2.29. The van der Waals surface area contributed by atoms with Gasteiger partial charge in [-0.25, -0.2) is 0 Å². The van der Waals surface area contributed by atoms with E-state index in [0.29, 0.717) is 49.1 Å². The highest BCUT2D eigenvalue weighted by molar-refractivity contribution is 5.99. The second kappa shape index (κ2) is 9.29. The van der Waals surface area contributed by atoms with E-state index in [4.69, 9.17) is 14.2 Å². The molecule has 1 amide bonds. The molecule has 2 aliphatic heterocycles. The molecule has 0 bridgehead atoms. The number of carbonyl (C=O) groups excluding carboxylic acids is 1. The Morgan fingerprint density at radius 1 is 1.05 bits per heavy atom. The van der Waals surface area contributed by atoms with E-state index in [9.17, 15) is 18.0 Å². The van der Waals surface area contributed by atoms with Gasteiger partial charge in [-0.05, 0) is 31.4 Å². The number of rotatable bonds is 5. The number of alkyl halides is 3. The van der Waals surface area contributed by atoms with Crippen molar-refractivity contribution >= 4 is 34.4 Å². The molecule has 10 nitrogen and oxygen atoms in total. The Hall–Kier alpha value is -3.74. The van der Waals surface area contributed by atoms with Gasteiger partial charge in [-0.15, -0.1) is 0 Å². The molecule has 3 aliphatic rings. The largest absolute Gasteiger partial charge is 0.485 e. The van der Waals surface area contributed by atoms with E-state index in [2.05, 4.69) is 25.6 Å². The van der Waals surface area contributed by atoms with Gasteiger partial charge in [-0.1, -0.05) is 0 Å². The highest BCUT2D eigenvalue weighted by atomic mass is 19.4. The van der Waals surface area contributed by atoms with E-state index < -0.39 is 11.7 Å². The van der Waals surface area contributed by atoms with Crippen LogP contribution in [0.25, 0.3) is 11.0 Å². The molecule has 0 atom stereocenters. The monoisotopic (exact) mass is 518 g/mol. The van der Waals surface area contributed by atoms with Crippen LogP contribution in [0.1, 0.15) is 35.2 Å². The third-order valence-electron chi connectivity index (χ3n) is 6.75. The fraction of sp³-hybridized carbons (Fsp3) is 0.458. The number of nitrogens with zero attached hydrogens (tertiary/aromatic N) is 3. The summed E-state index contributed by atoms with van der Waals surface area (Å²) in [5.74, 6) is 0.627. The molecule has 1 saturated heterocycles. The van der Waals surface area contributed by atoms with Gasteiger partial charge >= 0.3 is 6.18 Å². The second-order valence-corrected chi connectivity index (χ2v) is 9.14. The lowest BCUT2D eigenvalue weighted by Crippen LogP contribution is -2.41. The van der Waals surface area contributed by atoms with E-state index in [1.54, 1.807) is 17.0 Å². The SMILES string of the molecule is O=C(c1ccc(Nc2nc(NC3CCC3)c3c(C(F)(F)F)c[nH]c3n2)c2c1OCCO2)N1CCOCC1. The Balaban J connectivity index is 1.36. The highest BCUT2D eigenvalue weighted by Crippen LogP contribution is 2.43. The predicted molar refractivity (Wildman–Crippen MR) is 128 cm³/mol. The average Bonchev–Trinajstić information content (AvgIpc) is 3.31. The number of hydrogen-bond acceptors (Lipinski definition) is 8. The standard InChI is InChI=1S/C24H25F3N6O4/c25-24(26,27)15-12-28-20-17(15)21(29-13-2-1-3-13)32-23(31-20)30-16-5-4-14(18-19(16)37-11-10-36-18)22(34)33-6-8-35-9-7-33/h4-5,12-13H,1-3,6-11H2,(H3,28,29,30,31,32). The zero-order valence-corrected chi connectivity index (χ0v) is 19.8. The van der Waals surface area contributed by atoms with Crippen LogP contribution < -0.4 is 20.1 Å². The third-order valence-corrected chi connectivity index (χ3v) is 6.75. The molecule has 1 aliphatic carbocycles. The van der Waals surface area contributed by atoms with Gasteiger partial charge in [0.15, 0.2) is 11.5 Å². The normalized spacial score (nSPS) is 18.0. The van der Waals surface area contributed by atoms with Crippen LogP contribution in [0.3, 0.4) is 0 Å². The molecule has 1 aromatic carbocycles. The topological polar surface area (TPSA) is 114 Å². The second-order valence-electron chi connectivity index (χ2n) is 9.14. The van der Waals surface area contributed by atoms with Gasteiger partial charge in [0.25, 0.3) is 5.91 Å². The van der Waals surface area contributed by atoms with E-state index in [1.165, 1.54) is 0 Å². The summed E-state index contributed by atoms with van der Waals surface area (Å²) in [4.78, 5) is 26.2. The maximum absolute atomic E-state index is 13.7. The molecule has 2 aromatic heterocycles. The highest BCUT2D eigenvalue weighted by Gasteiger charge is 2.36. The number of anilines is 3. The Labute approximate surface area is 209 Å². The first-order valence-electron chi connectivity index (χ1n) is 12.2. The van der Waals surface area contributed by atoms with Gasteiger partial charge in [-0.3, -0.25) is 4.79 Å². The van der Waals surface area contributed by atoms with Gasteiger partial charge in [0.2, 0.25) is 5.95 Å². The van der Waals surface area contributed by atoms with Crippen LogP contribution in [0, 0.1) is 0 Å². The number of ether oxygens (including phenoxy) is 3. The minimum Gasteiger partial charge on any atom is -0.485 e. The first kappa shape index (κ1) is 23.6. The van der Waals surface area contributed by atoms with E-state index >= 15 is 0 Å². The number of hydrogen-bond donors (Lipinski definition) is 3. The summed E-state index contributed by atoms with van der Waals surface area (Å²) in [6, 6.07) is 3.34. The molecule has 0 unspecified atom stereocenters. The van der Waals surface area contributed by atoms with E-state index in [0.717, 1.165) is 25.5 Å². The molecule has 0 spiro atoms. The molecule has 3 N–H and O–H groups in total. The molecule has 6 rings (SSSR count). The number of nitrogens with one attached hydrogen (secondary N) is 3. The number of aromatic nitrogens is 3. The lowest BCUT2D eigenvalue weighted by molar-refractivity contribution is -0.136. The first-order valence-corrected chi connectivity index (χ1v) is 12.2. The smallest absolute Gasteiger partial charge is 0.418 e. The number of fused-ring (bicyclic) bond motifs is 2. The van der Waals surface area contributed by atoms with Gasteiger partial charge in [-0.2, -0.15) is 23.1 Å².